The summed E-state index contributed by atoms with van der Waals surface area (Å²) in [6.45, 7) is 1.70. The monoisotopic (exact) mass is 193 g/mol. The zero-order valence-corrected chi connectivity index (χ0v) is 8.29. The molecule has 0 heterocycles. The lowest BCUT2D eigenvalue weighted by Crippen LogP contribution is -2.31. The molecule has 0 fully saturated rings. The van der Waals surface area contributed by atoms with Crippen LogP contribution in [0, 0.1) is 0 Å². The molecule has 0 aliphatic heterocycles. The molecule has 0 bridgehead atoms. The number of aliphatic hydroxyl groups is 1. The minimum absolute atomic E-state index is 0.370. The van der Waals surface area contributed by atoms with Gasteiger partial charge >= 0.3 is 0 Å². The number of halogens is 1. The number of hydrogen-bond acceptors (Lipinski definition) is 3. The largest absolute Gasteiger partial charge is 0.389 e. The van der Waals surface area contributed by atoms with Gasteiger partial charge in [-0.3, -0.25) is 0 Å². The van der Waals surface area contributed by atoms with Crippen LogP contribution in [0.4, 0.5) is 0 Å². The van der Waals surface area contributed by atoms with Gasteiger partial charge in [-0.2, -0.15) is 0 Å². The molecule has 12 heavy (non-hydrogen) atoms. The van der Waals surface area contributed by atoms with Crippen LogP contribution in [-0.4, -0.2) is 50.0 Å². The Hall–Kier alpha value is -0.0900. The van der Waals surface area contributed by atoms with Gasteiger partial charge in [-0.05, 0) is 7.05 Å². The Morgan fingerprint density at radius 1 is 1.67 bits per heavy atom. The number of nitrogens with zero attached hydrogens (tertiary/aromatic N) is 1. The summed E-state index contributed by atoms with van der Waals surface area (Å²) >= 11 is 5.35. The quantitative estimate of drug-likeness (QED) is 0.674. The van der Waals surface area contributed by atoms with Crippen LogP contribution in [0.25, 0.3) is 0 Å². The third kappa shape index (κ3) is 6.61. The van der Waals surface area contributed by atoms with Crippen molar-refractivity contribution in [1.82, 2.24) is 4.90 Å². The van der Waals surface area contributed by atoms with Crippen molar-refractivity contribution in [3.8, 4) is 0 Å². The van der Waals surface area contributed by atoms with Gasteiger partial charge in [0, 0.05) is 25.7 Å². The fraction of sp³-hybridized carbons (Fsp3) is 0.750. The van der Waals surface area contributed by atoms with Gasteiger partial charge in [0.05, 0.1) is 12.7 Å². The molecule has 0 aromatic rings. The maximum absolute atomic E-state index is 9.30. The Morgan fingerprint density at radius 3 is 2.83 bits per heavy atom. The van der Waals surface area contributed by atoms with Gasteiger partial charge in [0.15, 0.2) is 0 Å². The number of ether oxygens (including phenoxy) is 1. The molecule has 0 saturated heterocycles. The van der Waals surface area contributed by atoms with Gasteiger partial charge < -0.3 is 14.7 Å². The fourth-order valence-corrected chi connectivity index (χ4v) is 0.979. The van der Waals surface area contributed by atoms with E-state index in [-0.39, 0.29) is 0 Å². The van der Waals surface area contributed by atoms with Gasteiger partial charge in [-0.25, -0.2) is 0 Å². The van der Waals surface area contributed by atoms with Crippen molar-refractivity contribution in [1.29, 1.82) is 0 Å². The van der Waals surface area contributed by atoms with Gasteiger partial charge in [-0.15, -0.1) is 0 Å². The smallest absolute Gasteiger partial charge is 0.0900 e. The molecule has 3 nitrogen and oxygen atoms in total. The summed E-state index contributed by atoms with van der Waals surface area (Å²) in [6, 6.07) is 0. The van der Waals surface area contributed by atoms with E-state index in [9.17, 15) is 5.11 Å². The van der Waals surface area contributed by atoms with Crippen molar-refractivity contribution >= 4 is 11.6 Å². The Labute approximate surface area is 78.6 Å². The number of likely N-dealkylation sites (N-methyl/N-ethyl adjacent to an activating group) is 1. The topological polar surface area (TPSA) is 32.7 Å². The molecule has 1 unspecified atom stereocenters. The highest BCUT2D eigenvalue weighted by Crippen LogP contribution is 1.91. The van der Waals surface area contributed by atoms with Gasteiger partial charge in [-0.1, -0.05) is 17.7 Å². The van der Waals surface area contributed by atoms with E-state index in [0.717, 1.165) is 6.54 Å². The van der Waals surface area contributed by atoms with Crippen LogP contribution in [0.5, 0.6) is 0 Å². The first-order chi connectivity index (χ1) is 5.70. The van der Waals surface area contributed by atoms with Crippen molar-refractivity contribution < 1.29 is 9.84 Å². The third-order valence-corrected chi connectivity index (χ3v) is 1.57. The Kier molecular flexibility index (Phi) is 7.50. The molecule has 0 aromatic carbocycles. The lowest BCUT2D eigenvalue weighted by atomic mass is 10.3. The maximum atomic E-state index is 9.30. The number of hydrogen-bond donors (Lipinski definition) is 1. The number of aliphatic hydroxyl groups excluding tert-OH is 1. The highest BCUT2D eigenvalue weighted by Gasteiger charge is 2.05. The van der Waals surface area contributed by atoms with Crippen LogP contribution in [-0.2, 0) is 4.74 Å². The first-order valence-electron chi connectivity index (χ1n) is 3.81. The molecule has 4 heteroatoms. The molecule has 0 rings (SSSR count). The highest BCUT2D eigenvalue weighted by molar-refractivity contribution is 6.25. The van der Waals surface area contributed by atoms with Gasteiger partial charge in [0.1, 0.15) is 0 Å². The molecule has 72 valence electrons. The van der Waals surface area contributed by atoms with Crippen molar-refractivity contribution in [2.45, 2.75) is 6.10 Å². The molecule has 0 radical (unpaired) electrons. The molecule has 0 spiro atoms. The van der Waals surface area contributed by atoms with Crippen LogP contribution in [0.15, 0.2) is 11.6 Å². The molecule has 0 saturated carbocycles. The third-order valence-electron chi connectivity index (χ3n) is 1.39. The van der Waals surface area contributed by atoms with Crippen LogP contribution in [0.1, 0.15) is 0 Å². The molecule has 0 aliphatic rings. The first kappa shape index (κ1) is 11.9. The summed E-state index contributed by atoms with van der Waals surface area (Å²) in [4.78, 5) is 1.96. The summed E-state index contributed by atoms with van der Waals surface area (Å²) in [5.41, 5.74) is 1.47. The van der Waals surface area contributed by atoms with E-state index in [1.54, 1.807) is 7.11 Å². The lowest BCUT2D eigenvalue weighted by molar-refractivity contribution is 0.0454. The molecule has 0 aromatic heterocycles. The summed E-state index contributed by atoms with van der Waals surface area (Å²) in [6.07, 6.45) is 1.39. The summed E-state index contributed by atoms with van der Waals surface area (Å²) in [5, 5.41) is 9.30. The zero-order chi connectivity index (χ0) is 9.40. The Morgan fingerprint density at radius 2 is 2.33 bits per heavy atom. The maximum Gasteiger partial charge on any atom is 0.0900 e. The molecular weight excluding hydrogens is 178 g/mol. The molecule has 0 aliphatic carbocycles. The summed E-state index contributed by atoms with van der Waals surface area (Å²) in [7, 11) is 3.48. The second kappa shape index (κ2) is 7.55. The van der Waals surface area contributed by atoms with Crippen LogP contribution >= 0.6 is 11.6 Å². The normalized spacial score (nSPS) is 14.4. The number of rotatable bonds is 6. The Balaban J connectivity index is 3.46. The van der Waals surface area contributed by atoms with Crippen molar-refractivity contribution in [2.75, 3.05) is 33.9 Å². The van der Waals surface area contributed by atoms with E-state index in [1.807, 2.05) is 18.0 Å². The van der Waals surface area contributed by atoms with E-state index in [4.69, 9.17) is 16.3 Å². The minimum Gasteiger partial charge on any atom is -0.389 e. The second-order valence-corrected chi connectivity index (χ2v) is 2.94. The summed E-state index contributed by atoms with van der Waals surface area (Å²) < 4.78 is 4.79. The first-order valence-corrected chi connectivity index (χ1v) is 4.25. The zero-order valence-electron chi connectivity index (χ0n) is 7.53. The predicted octanol–water partition coefficient (Wildman–Crippen LogP) is 0.678. The predicted molar refractivity (Wildman–Crippen MR) is 50.4 cm³/mol. The Bertz CT molecular complexity index is 130. The van der Waals surface area contributed by atoms with E-state index in [0.29, 0.717) is 13.2 Å². The average molecular weight is 194 g/mol. The standard InChI is InChI=1S/C8H16ClNO2/c1-10(5-3-4-9)6-8(11)7-12-2/h3-4,8,11H,5-7H2,1-2H3. The summed E-state index contributed by atoms with van der Waals surface area (Å²) in [5.74, 6) is 0. The van der Waals surface area contributed by atoms with E-state index in [2.05, 4.69) is 0 Å². The van der Waals surface area contributed by atoms with Gasteiger partial charge in [0.25, 0.3) is 0 Å². The second-order valence-electron chi connectivity index (χ2n) is 2.69. The number of methoxy groups -OCH3 is 1. The van der Waals surface area contributed by atoms with Crippen LogP contribution in [0.3, 0.4) is 0 Å². The fourth-order valence-electron chi connectivity index (χ4n) is 0.899. The molecule has 1 N–H and O–H groups in total. The SMILES string of the molecule is COCC(O)CN(C)CC=CCl. The molecular formula is C8H16ClNO2. The van der Waals surface area contributed by atoms with Gasteiger partial charge in [0.2, 0.25) is 0 Å². The molecule has 0 amide bonds. The van der Waals surface area contributed by atoms with Crippen molar-refractivity contribution in [2.24, 2.45) is 0 Å². The van der Waals surface area contributed by atoms with Crippen LogP contribution < -0.4 is 0 Å². The van der Waals surface area contributed by atoms with Crippen molar-refractivity contribution in [3.05, 3.63) is 11.6 Å². The average Bonchev–Trinajstić information content (AvgIpc) is 2.01. The van der Waals surface area contributed by atoms with E-state index in [1.165, 1.54) is 5.54 Å². The van der Waals surface area contributed by atoms with E-state index < -0.39 is 6.10 Å². The minimum atomic E-state index is -0.427. The van der Waals surface area contributed by atoms with Crippen molar-refractivity contribution in [3.63, 3.8) is 0 Å². The molecule has 1 atom stereocenters. The van der Waals surface area contributed by atoms with Crippen LogP contribution in [0.2, 0.25) is 0 Å². The van der Waals surface area contributed by atoms with E-state index >= 15 is 0 Å². The lowest BCUT2D eigenvalue weighted by Gasteiger charge is -2.17. The highest BCUT2D eigenvalue weighted by atomic mass is 35.5.